The fourth-order valence-corrected chi connectivity index (χ4v) is 3.32. The van der Waals surface area contributed by atoms with Crippen LogP contribution in [0.25, 0.3) is 0 Å². The van der Waals surface area contributed by atoms with Crippen molar-refractivity contribution in [3.63, 3.8) is 0 Å². The standard InChI is InChI=1S/C16H29N3O/c1-4-14-5-7-15(8-6-14)17-11-16-12(2)18-19(9-10-20)13(16)3/h14-15,17,20H,4-11H2,1-3H3. The van der Waals surface area contributed by atoms with Crippen LogP contribution in [0.4, 0.5) is 0 Å². The highest BCUT2D eigenvalue weighted by molar-refractivity contribution is 5.24. The van der Waals surface area contributed by atoms with Crippen molar-refractivity contribution in [2.75, 3.05) is 6.61 Å². The zero-order chi connectivity index (χ0) is 14.5. The molecule has 4 nitrogen and oxygen atoms in total. The van der Waals surface area contributed by atoms with E-state index < -0.39 is 0 Å². The zero-order valence-corrected chi connectivity index (χ0v) is 13.2. The first-order valence-corrected chi connectivity index (χ1v) is 8.02. The van der Waals surface area contributed by atoms with E-state index in [4.69, 9.17) is 5.11 Å². The lowest BCUT2D eigenvalue weighted by atomic mass is 9.84. The van der Waals surface area contributed by atoms with Gasteiger partial charge in [0.05, 0.1) is 18.8 Å². The molecule has 1 saturated carbocycles. The molecule has 1 fully saturated rings. The van der Waals surface area contributed by atoms with Gasteiger partial charge in [0, 0.05) is 23.8 Å². The van der Waals surface area contributed by atoms with Gasteiger partial charge in [0.25, 0.3) is 0 Å². The fraction of sp³-hybridized carbons (Fsp3) is 0.812. The number of aromatic nitrogens is 2. The van der Waals surface area contributed by atoms with Gasteiger partial charge in [-0.15, -0.1) is 0 Å². The second kappa shape index (κ2) is 7.23. The van der Waals surface area contributed by atoms with Crippen molar-refractivity contribution in [1.82, 2.24) is 15.1 Å². The molecule has 0 amide bonds. The van der Waals surface area contributed by atoms with Gasteiger partial charge in [-0.2, -0.15) is 5.10 Å². The van der Waals surface area contributed by atoms with Crippen molar-refractivity contribution in [2.24, 2.45) is 5.92 Å². The summed E-state index contributed by atoms with van der Waals surface area (Å²) in [6.45, 7) is 8.11. The maximum atomic E-state index is 9.05. The number of aryl methyl sites for hydroxylation is 1. The third-order valence-corrected chi connectivity index (χ3v) is 4.83. The van der Waals surface area contributed by atoms with Gasteiger partial charge in [-0.05, 0) is 45.4 Å². The average Bonchev–Trinajstić information content (AvgIpc) is 2.72. The first-order chi connectivity index (χ1) is 9.65. The summed E-state index contributed by atoms with van der Waals surface area (Å²) in [6.07, 6.45) is 6.69. The average molecular weight is 279 g/mol. The molecule has 1 aromatic rings. The maximum absolute atomic E-state index is 9.05. The van der Waals surface area contributed by atoms with E-state index >= 15 is 0 Å². The molecule has 0 radical (unpaired) electrons. The van der Waals surface area contributed by atoms with Gasteiger partial charge < -0.3 is 10.4 Å². The van der Waals surface area contributed by atoms with Gasteiger partial charge in [0.1, 0.15) is 0 Å². The molecule has 0 spiro atoms. The lowest BCUT2D eigenvalue weighted by Gasteiger charge is -2.28. The van der Waals surface area contributed by atoms with Crippen molar-refractivity contribution < 1.29 is 5.11 Å². The molecule has 0 bridgehead atoms. The molecule has 1 aliphatic rings. The smallest absolute Gasteiger partial charge is 0.0644 e. The van der Waals surface area contributed by atoms with Crippen LogP contribution in [-0.4, -0.2) is 27.5 Å². The molecule has 1 aromatic heterocycles. The Balaban J connectivity index is 1.88. The molecule has 2 rings (SSSR count). The van der Waals surface area contributed by atoms with E-state index in [0.717, 1.165) is 18.2 Å². The van der Waals surface area contributed by atoms with Crippen molar-refractivity contribution in [3.8, 4) is 0 Å². The van der Waals surface area contributed by atoms with Crippen LogP contribution in [0.1, 0.15) is 56.0 Å². The minimum absolute atomic E-state index is 0.149. The summed E-state index contributed by atoms with van der Waals surface area (Å²) in [4.78, 5) is 0. The molecular weight excluding hydrogens is 250 g/mol. The Morgan fingerprint density at radius 3 is 2.55 bits per heavy atom. The fourth-order valence-electron chi connectivity index (χ4n) is 3.32. The van der Waals surface area contributed by atoms with Gasteiger partial charge in [0.2, 0.25) is 0 Å². The first-order valence-electron chi connectivity index (χ1n) is 8.02. The summed E-state index contributed by atoms with van der Waals surface area (Å²) in [5, 5.41) is 17.3. The molecule has 4 heteroatoms. The molecule has 0 unspecified atom stereocenters. The van der Waals surface area contributed by atoms with Crippen LogP contribution < -0.4 is 5.32 Å². The summed E-state index contributed by atoms with van der Waals surface area (Å²) in [6, 6.07) is 0.665. The Morgan fingerprint density at radius 1 is 1.25 bits per heavy atom. The van der Waals surface area contributed by atoms with Gasteiger partial charge in [-0.25, -0.2) is 0 Å². The number of aliphatic hydroxyl groups excluding tert-OH is 1. The molecule has 20 heavy (non-hydrogen) atoms. The molecule has 1 aliphatic carbocycles. The molecule has 0 atom stereocenters. The lowest BCUT2D eigenvalue weighted by molar-refractivity contribution is 0.267. The quantitative estimate of drug-likeness (QED) is 0.841. The number of hydrogen-bond acceptors (Lipinski definition) is 3. The van der Waals surface area contributed by atoms with E-state index in [9.17, 15) is 0 Å². The topological polar surface area (TPSA) is 50.1 Å². The normalized spacial score (nSPS) is 23.2. The molecule has 114 valence electrons. The highest BCUT2D eigenvalue weighted by Gasteiger charge is 2.20. The van der Waals surface area contributed by atoms with Crippen LogP contribution in [-0.2, 0) is 13.1 Å². The number of nitrogens with one attached hydrogen (secondary N) is 1. The largest absolute Gasteiger partial charge is 0.394 e. The minimum Gasteiger partial charge on any atom is -0.394 e. The van der Waals surface area contributed by atoms with Gasteiger partial charge in [-0.3, -0.25) is 4.68 Å². The number of hydrogen-bond donors (Lipinski definition) is 2. The minimum atomic E-state index is 0.149. The Hall–Kier alpha value is -0.870. The molecule has 0 aromatic carbocycles. The van der Waals surface area contributed by atoms with Crippen molar-refractivity contribution in [3.05, 3.63) is 17.0 Å². The van der Waals surface area contributed by atoms with Gasteiger partial charge in [-0.1, -0.05) is 13.3 Å². The molecule has 1 heterocycles. The number of aliphatic hydroxyl groups is 1. The maximum Gasteiger partial charge on any atom is 0.0644 e. The summed E-state index contributed by atoms with van der Waals surface area (Å²) >= 11 is 0. The third kappa shape index (κ3) is 3.61. The summed E-state index contributed by atoms with van der Waals surface area (Å²) in [5.74, 6) is 0.948. The van der Waals surface area contributed by atoms with E-state index in [2.05, 4.69) is 31.2 Å². The first kappa shape index (κ1) is 15.5. The zero-order valence-electron chi connectivity index (χ0n) is 13.2. The highest BCUT2D eigenvalue weighted by Crippen LogP contribution is 2.26. The highest BCUT2D eigenvalue weighted by atomic mass is 16.3. The van der Waals surface area contributed by atoms with Crippen molar-refractivity contribution in [2.45, 2.75) is 72.0 Å². The van der Waals surface area contributed by atoms with Crippen LogP contribution in [0.3, 0.4) is 0 Å². The van der Waals surface area contributed by atoms with E-state index in [-0.39, 0.29) is 6.61 Å². The Kier molecular flexibility index (Phi) is 5.61. The predicted octanol–water partition coefficient (Wildman–Crippen LogP) is 2.55. The SMILES string of the molecule is CCC1CCC(NCc2c(C)nn(CCO)c2C)CC1. The second-order valence-corrected chi connectivity index (χ2v) is 6.10. The Bertz CT molecular complexity index is 420. The van der Waals surface area contributed by atoms with E-state index in [1.807, 2.05) is 4.68 Å². The van der Waals surface area contributed by atoms with E-state index in [1.54, 1.807) is 0 Å². The second-order valence-electron chi connectivity index (χ2n) is 6.10. The van der Waals surface area contributed by atoms with Crippen molar-refractivity contribution in [1.29, 1.82) is 0 Å². The number of nitrogens with zero attached hydrogens (tertiary/aromatic N) is 2. The Morgan fingerprint density at radius 2 is 1.95 bits per heavy atom. The molecule has 0 aliphatic heterocycles. The summed E-state index contributed by atoms with van der Waals surface area (Å²) in [7, 11) is 0. The van der Waals surface area contributed by atoms with E-state index in [1.165, 1.54) is 43.4 Å². The summed E-state index contributed by atoms with van der Waals surface area (Å²) < 4.78 is 1.92. The van der Waals surface area contributed by atoms with Crippen LogP contribution in [0.15, 0.2) is 0 Å². The van der Waals surface area contributed by atoms with Crippen LogP contribution in [0.5, 0.6) is 0 Å². The number of rotatable bonds is 6. The lowest BCUT2D eigenvalue weighted by Crippen LogP contribution is -2.32. The van der Waals surface area contributed by atoms with Crippen LogP contribution in [0.2, 0.25) is 0 Å². The molecule has 0 saturated heterocycles. The third-order valence-electron chi connectivity index (χ3n) is 4.83. The van der Waals surface area contributed by atoms with Crippen molar-refractivity contribution >= 4 is 0 Å². The summed E-state index contributed by atoms with van der Waals surface area (Å²) in [5.41, 5.74) is 3.58. The van der Waals surface area contributed by atoms with Crippen LogP contribution >= 0.6 is 0 Å². The predicted molar refractivity (Wildman–Crippen MR) is 81.7 cm³/mol. The van der Waals surface area contributed by atoms with E-state index in [0.29, 0.717) is 12.6 Å². The van der Waals surface area contributed by atoms with Crippen LogP contribution in [0, 0.1) is 19.8 Å². The molecular formula is C16H29N3O. The Labute approximate surface area is 122 Å². The van der Waals surface area contributed by atoms with Gasteiger partial charge >= 0.3 is 0 Å². The monoisotopic (exact) mass is 279 g/mol. The molecule has 2 N–H and O–H groups in total. The van der Waals surface area contributed by atoms with Gasteiger partial charge in [0.15, 0.2) is 0 Å².